The predicted octanol–water partition coefficient (Wildman–Crippen LogP) is 0.251. The van der Waals surface area contributed by atoms with Gasteiger partial charge in [-0.15, -0.1) is 0 Å². The van der Waals surface area contributed by atoms with Crippen LogP contribution in [0.2, 0.25) is 0 Å². The molecule has 0 saturated carbocycles. The van der Waals surface area contributed by atoms with Crippen molar-refractivity contribution in [1.82, 2.24) is 24.4 Å². The monoisotopic (exact) mass is 369 g/mol. The van der Waals surface area contributed by atoms with Crippen LogP contribution in [0.1, 0.15) is 29.7 Å². The van der Waals surface area contributed by atoms with E-state index < -0.39 is 22.9 Å². The fourth-order valence-electron chi connectivity index (χ4n) is 3.52. The van der Waals surface area contributed by atoms with E-state index in [0.717, 1.165) is 11.0 Å². The van der Waals surface area contributed by atoms with E-state index in [0.29, 0.717) is 18.5 Å². The molecule has 27 heavy (non-hydrogen) atoms. The van der Waals surface area contributed by atoms with Gasteiger partial charge in [0.15, 0.2) is 0 Å². The van der Waals surface area contributed by atoms with Crippen LogP contribution < -0.4 is 11.2 Å². The minimum Gasteiger partial charge on any atom is -0.388 e. The second-order valence-electron chi connectivity index (χ2n) is 7.03. The molecule has 0 aliphatic carbocycles. The summed E-state index contributed by atoms with van der Waals surface area (Å²) in [6.07, 6.45) is 3.22. The molecule has 3 N–H and O–H groups in total. The van der Waals surface area contributed by atoms with Gasteiger partial charge in [-0.05, 0) is 31.5 Å². The zero-order chi connectivity index (χ0) is 19.2. The maximum atomic E-state index is 13.0. The molecule has 1 aliphatic heterocycles. The molecular formula is C18H19N5O4. The molecule has 0 radical (unpaired) electrons. The number of amides is 1. The Morgan fingerprint density at radius 3 is 2.93 bits per heavy atom. The molecule has 3 aromatic rings. The molecule has 9 heteroatoms. The van der Waals surface area contributed by atoms with Crippen molar-refractivity contribution in [1.29, 1.82) is 0 Å². The Labute approximate surface area is 153 Å². The van der Waals surface area contributed by atoms with Gasteiger partial charge in [-0.1, -0.05) is 0 Å². The molecule has 140 valence electrons. The number of H-pyrrole nitrogens is 2. The van der Waals surface area contributed by atoms with Gasteiger partial charge in [-0.2, -0.15) is 0 Å². The van der Waals surface area contributed by atoms with Crippen LogP contribution in [0.15, 0.2) is 46.4 Å². The third-order valence-corrected chi connectivity index (χ3v) is 5.14. The van der Waals surface area contributed by atoms with Gasteiger partial charge < -0.3 is 15.0 Å². The SMILES string of the molecule is C[C@@]1(O)CCN(C(=O)c2ccc3nc[nH]c3c2)C[C@H]1n1ccc(=O)[nH]c1=O. The van der Waals surface area contributed by atoms with Gasteiger partial charge in [-0.3, -0.25) is 19.1 Å². The summed E-state index contributed by atoms with van der Waals surface area (Å²) in [6, 6.07) is 5.77. The molecule has 2 aromatic heterocycles. The summed E-state index contributed by atoms with van der Waals surface area (Å²) >= 11 is 0. The van der Waals surface area contributed by atoms with Crippen molar-refractivity contribution >= 4 is 16.9 Å². The Balaban J connectivity index is 1.65. The molecule has 0 unspecified atom stereocenters. The molecular weight excluding hydrogens is 350 g/mol. The first-order valence-electron chi connectivity index (χ1n) is 8.61. The Morgan fingerprint density at radius 2 is 2.15 bits per heavy atom. The van der Waals surface area contributed by atoms with Crippen molar-refractivity contribution in [2.45, 2.75) is 25.0 Å². The molecule has 1 saturated heterocycles. The van der Waals surface area contributed by atoms with Gasteiger partial charge in [0, 0.05) is 30.9 Å². The lowest BCUT2D eigenvalue weighted by Gasteiger charge is -2.43. The molecule has 2 atom stereocenters. The molecule has 9 nitrogen and oxygen atoms in total. The number of likely N-dealkylation sites (tertiary alicyclic amines) is 1. The number of aromatic nitrogens is 4. The van der Waals surface area contributed by atoms with Crippen molar-refractivity contribution < 1.29 is 9.90 Å². The number of carbonyl (C=O) groups is 1. The number of nitrogens with zero attached hydrogens (tertiary/aromatic N) is 3. The van der Waals surface area contributed by atoms with Gasteiger partial charge >= 0.3 is 5.69 Å². The summed E-state index contributed by atoms with van der Waals surface area (Å²) in [4.78, 5) is 47.4. The van der Waals surface area contributed by atoms with E-state index in [-0.39, 0.29) is 12.5 Å². The summed E-state index contributed by atoms with van der Waals surface area (Å²) in [7, 11) is 0. The highest BCUT2D eigenvalue weighted by molar-refractivity contribution is 5.97. The van der Waals surface area contributed by atoms with Crippen molar-refractivity contribution in [2.75, 3.05) is 13.1 Å². The molecule has 0 bridgehead atoms. The first-order valence-corrected chi connectivity index (χ1v) is 8.61. The first-order chi connectivity index (χ1) is 12.8. The summed E-state index contributed by atoms with van der Waals surface area (Å²) in [6.45, 7) is 2.15. The van der Waals surface area contributed by atoms with Crippen LogP contribution in [0.25, 0.3) is 11.0 Å². The topological polar surface area (TPSA) is 124 Å². The smallest absolute Gasteiger partial charge is 0.328 e. The van der Waals surface area contributed by atoms with Crippen LogP contribution in [0, 0.1) is 0 Å². The lowest BCUT2D eigenvalue weighted by molar-refractivity contribution is -0.0459. The van der Waals surface area contributed by atoms with Crippen LogP contribution in [0.4, 0.5) is 0 Å². The quantitative estimate of drug-likeness (QED) is 0.597. The second-order valence-corrected chi connectivity index (χ2v) is 7.03. The Hall–Kier alpha value is -3.20. The average molecular weight is 369 g/mol. The number of piperidine rings is 1. The highest BCUT2D eigenvalue weighted by Gasteiger charge is 2.41. The zero-order valence-electron chi connectivity index (χ0n) is 14.7. The Kier molecular flexibility index (Phi) is 3.96. The van der Waals surface area contributed by atoms with Crippen molar-refractivity contribution in [3.05, 3.63) is 63.2 Å². The first kappa shape index (κ1) is 17.2. The Bertz CT molecular complexity index is 1130. The number of benzene rings is 1. The van der Waals surface area contributed by atoms with E-state index in [1.165, 1.54) is 16.8 Å². The standard InChI is InChI=1S/C18H19N5O4/c1-18(27)5-7-22(9-14(18)23-6-4-15(24)21-17(23)26)16(25)11-2-3-12-13(8-11)20-10-19-12/h2-4,6,8,10,14,27H,5,7,9H2,1H3,(H,19,20)(H,21,24,26)/t14-,18-/m1/s1. The third kappa shape index (κ3) is 3.06. The van der Waals surface area contributed by atoms with Crippen LogP contribution in [0.5, 0.6) is 0 Å². The number of imidazole rings is 1. The van der Waals surface area contributed by atoms with Crippen LogP contribution in [-0.2, 0) is 0 Å². The van der Waals surface area contributed by atoms with Gasteiger partial charge in [0.05, 0.1) is 29.0 Å². The highest BCUT2D eigenvalue weighted by atomic mass is 16.3. The Morgan fingerprint density at radius 1 is 1.33 bits per heavy atom. The summed E-state index contributed by atoms with van der Waals surface area (Å²) in [5, 5.41) is 10.8. The maximum Gasteiger partial charge on any atom is 0.328 e. The second kappa shape index (κ2) is 6.20. The average Bonchev–Trinajstić information content (AvgIpc) is 3.09. The summed E-state index contributed by atoms with van der Waals surface area (Å²) in [5.41, 5.74) is -0.273. The maximum absolute atomic E-state index is 13.0. The molecule has 4 rings (SSSR count). The van der Waals surface area contributed by atoms with Gasteiger partial charge in [0.25, 0.3) is 11.5 Å². The van der Waals surface area contributed by atoms with Gasteiger partial charge in [0.2, 0.25) is 0 Å². The van der Waals surface area contributed by atoms with Crippen LogP contribution in [0.3, 0.4) is 0 Å². The van der Waals surface area contributed by atoms with E-state index in [1.807, 2.05) is 0 Å². The number of nitrogens with one attached hydrogen (secondary N) is 2. The number of aromatic amines is 2. The van der Waals surface area contributed by atoms with E-state index in [4.69, 9.17) is 0 Å². The van der Waals surface area contributed by atoms with Crippen molar-refractivity contribution in [3.8, 4) is 0 Å². The number of aliphatic hydroxyl groups is 1. The number of carbonyl (C=O) groups excluding carboxylic acids is 1. The van der Waals surface area contributed by atoms with E-state index in [2.05, 4.69) is 15.0 Å². The van der Waals surface area contributed by atoms with E-state index >= 15 is 0 Å². The van der Waals surface area contributed by atoms with Crippen molar-refractivity contribution in [2.24, 2.45) is 0 Å². The molecule has 3 heterocycles. The number of hydrogen-bond acceptors (Lipinski definition) is 5. The molecule has 0 spiro atoms. The number of rotatable bonds is 2. The number of hydrogen-bond donors (Lipinski definition) is 3. The van der Waals surface area contributed by atoms with Crippen molar-refractivity contribution in [3.63, 3.8) is 0 Å². The fourth-order valence-corrected chi connectivity index (χ4v) is 3.52. The van der Waals surface area contributed by atoms with E-state index in [9.17, 15) is 19.5 Å². The largest absolute Gasteiger partial charge is 0.388 e. The van der Waals surface area contributed by atoms with Gasteiger partial charge in [0.1, 0.15) is 0 Å². The summed E-state index contributed by atoms with van der Waals surface area (Å²) < 4.78 is 1.28. The highest BCUT2D eigenvalue weighted by Crippen LogP contribution is 2.31. The minimum absolute atomic E-state index is 0.152. The minimum atomic E-state index is -1.19. The fraction of sp³-hybridized carbons (Fsp3) is 0.333. The van der Waals surface area contributed by atoms with Crippen LogP contribution in [-0.4, -0.2) is 54.1 Å². The lowest BCUT2D eigenvalue weighted by Crippen LogP contribution is -2.54. The van der Waals surface area contributed by atoms with Gasteiger partial charge in [-0.25, -0.2) is 9.78 Å². The van der Waals surface area contributed by atoms with Crippen LogP contribution >= 0.6 is 0 Å². The molecule has 1 aromatic carbocycles. The molecule has 1 aliphatic rings. The predicted molar refractivity (Wildman–Crippen MR) is 97.6 cm³/mol. The normalized spacial score (nSPS) is 22.9. The van der Waals surface area contributed by atoms with E-state index in [1.54, 1.807) is 36.4 Å². The molecule has 1 fully saturated rings. The summed E-state index contributed by atoms with van der Waals surface area (Å²) in [5.74, 6) is -0.190. The zero-order valence-corrected chi connectivity index (χ0v) is 14.7. The number of fused-ring (bicyclic) bond motifs is 1. The third-order valence-electron chi connectivity index (χ3n) is 5.14. The molecule has 1 amide bonds. The lowest BCUT2D eigenvalue weighted by atomic mass is 9.87.